The Morgan fingerprint density at radius 1 is 1.07 bits per heavy atom. The van der Waals surface area contributed by atoms with Crippen molar-refractivity contribution in [3.05, 3.63) is 76.6 Å². The summed E-state index contributed by atoms with van der Waals surface area (Å²) in [6.07, 6.45) is 1.01. The highest BCUT2D eigenvalue weighted by Crippen LogP contribution is 2.42. The molecular weight excluding hydrogens is 368 g/mol. The molecule has 0 N–H and O–H groups in total. The van der Waals surface area contributed by atoms with Crippen molar-refractivity contribution in [3.63, 3.8) is 0 Å². The van der Waals surface area contributed by atoms with Crippen LogP contribution in [0.5, 0.6) is 0 Å². The van der Waals surface area contributed by atoms with Crippen LogP contribution in [-0.2, 0) is 13.0 Å². The number of aromatic nitrogens is 3. The number of rotatable bonds is 3. The van der Waals surface area contributed by atoms with Crippen LogP contribution >= 0.6 is 11.8 Å². The van der Waals surface area contributed by atoms with E-state index in [0.717, 1.165) is 19.5 Å². The Morgan fingerprint density at radius 3 is 2.57 bits per heavy atom. The van der Waals surface area contributed by atoms with Gasteiger partial charge in [0, 0.05) is 13.1 Å². The van der Waals surface area contributed by atoms with Crippen LogP contribution in [0.2, 0.25) is 0 Å². The Hall–Kier alpha value is -2.44. The van der Waals surface area contributed by atoms with E-state index < -0.39 is 0 Å². The zero-order valence-electron chi connectivity index (χ0n) is 16.0. The molecule has 2 aromatic carbocycles. The molecule has 2 unspecified atom stereocenters. The fourth-order valence-electron chi connectivity index (χ4n) is 4.20. The molecule has 0 amide bonds. The fourth-order valence-corrected chi connectivity index (χ4v) is 5.50. The molecule has 0 aliphatic carbocycles. The molecule has 3 heterocycles. The molecule has 0 fully saturated rings. The van der Waals surface area contributed by atoms with Crippen LogP contribution in [0.25, 0.3) is 0 Å². The number of carbonyl (C=O) groups excluding carboxylic acids is 1. The Bertz CT molecular complexity index is 1040. The van der Waals surface area contributed by atoms with Crippen molar-refractivity contribution in [2.45, 2.75) is 43.3 Å². The third kappa shape index (κ3) is 2.97. The molecule has 5 rings (SSSR count). The maximum absolute atomic E-state index is 13.2. The molecule has 3 aromatic rings. The third-order valence-corrected chi connectivity index (χ3v) is 6.82. The highest BCUT2D eigenvalue weighted by Gasteiger charge is 2.43. The van der Waals surface area contributed by atoms with E-state index in [-0.39, 0.29) is 17.2 Å². The first-order valence-corrected chi connectivity index (χ1v) is 10.5. The van der Waals surface area contributed by atoms with E-state index in [9.17, 15) is 4.79 Å². The summed E-state index contributed by atoms with van der Waals surface area (Å²) in [4.78, 5) is 20.1. The van der Waals surface area contributed by atoms with Crippen LogP contribution in [0.15, 0.2) is 53.7 Å². The molecule has 1 aromatic heterocycles. The maximum atomic E-state index is 13.2. The van der Waals surface area contributed by atoms with Gasteiger partial charge >= 0.3 is 0 Å². The SMILES string of the molecule is Cc1ccc(C(C2Sc3nc(C)nn3C2=O)N2CCc3ccccc3C2)cc1. The summed E-state index contributed by atoms with van der Waals surface area (Å²) in [5.41, 5.74) is 5.17. The van der Waals surface area contributed by atoms with Gasteiger partial charge < -0.3 is 0 Å². The van der Waals surface area contributed by atoms with Gasteiger partial charge in [0.05, 0.1) is 6.04 Å². The number of hydrogen-bond acceptors (Lipinski definition) is 5. The van der Waals surface area contributed by atoms with E-state index in [0.29, 0.717) is 11.0 Å². The van der Waals surface area contributed by atoms with E-state index in [2.05, 4.69) is 70.4 Å². The van der Waals surface area contributed by atoms with Crippen LogP contribution in [-0.4, -0.2) is 37.4 Å². The van der Waals surface area contributed by atoms with Gasteiger partial charge in [-0.15, -0.1) is 5.10 Å². The molecule has 28 heavy (non-hydrogen) atoms. The van der Waals surface area contributed by atoms with Crippen molar-refractivity contribution in [1.82, 2.24) is 19.7 Å². The predicted molar refractivity (Wildman–Crippen MR) is 110 cm³/mol. The summed E-state index contributed by atoms with van der Waals surface area (Å²) in [5, 5.41) is 4.79. The highest BCUT2D eigenvalue weighted by atomic mass is 32.2. The van der Waals surface area contributed by atoms with Crippen molar-refractivity contribution in [1.29, 1.82) is 0 Å². The van der Waals surface area contributed by atoms with Gasteiger partial charge in [-0.1, -0.05) is 65.9 Å². The second kappa shape index (κ2) is 6.87. The number of benzene rings is 2. The maximum Gasteiger partial charge on any atom is 0.264 e. The van der Waals surface area contributed by atoms with Gasteiger partial charge in [-0.25, -0.2) is 4.98 Å². The fraction of sp³-hybridized carbons (Fsp3) is 0.318. The molecule has 0 saturated heterocycles. The summed E-state index contributed by atoms with van der Waals surface area (Å²) >= 11 is 1.55. The van der Waals surface area contributed by atoms with Gasteiger partial charge in [-0.3, -0.25) is 9.69 Å². The lowest BCUT2D eigenvalue weighted by molar-refractivity contribution is 0.0824. The van der Waals surface area contributed by atoms with Gasteiger partial charge in [0.15, 0.2) is 5.16 Å². The van der Waals surface area contributed by atoms with Crippen LogP contribution in [0.1, 0.15) is 38.9 Å². The van der Waals surface area contributed by atoms with Crippen LogP contribution in [0.4, 0.5) is 0 Å². The minimum Gasteiger partial charge on any atom is -0.290 e. The standard InChI is InChI=1S/C22H22N4OS/c1-14-7-9-17(10-8-14)19(20-21(27)26-22(28-20)23-15(2)24-26)25-12-11-16-5-3-4-6-18(16)13-25/h3-10,19-20H,11-13H2,1-2H3. The van der Waals surface area contributed by atoms with Gasteiger partial charge in [-0.05, 0) is 37.0 Å². The molecular formula is C22H22N4OS. The van der Waals surface area contributed by atoms with Crippen molar-refractivity contribution >= 4 is 17.7 Å². The molecule has 2 aliphatic rings. The zero-order chi connectivity index (χ0) is 19.3. The summed E-state index contributed by atoms with van der Waals surface area (Å²) < 4.78 is 1.49. The lowest BCUT2D eigenvalue weighted by Crippen LogP contribution is -2.41. The molecule has 5 nitrogen and oxygen atoms in total. The van der Waals surface area contributed by atoms with Gasteiger partial charge in [0.2, 0.25) is 0 Å². The third-order valence-electron chi connectivity index (χ3n) is 5.63. The first-order chi connectivity index (χ1) is 13.6. The molecule has 6 heteroatoms. The van der Waals surface area contributed by atoms with E-state index in [1.807, 2.05) is 6.92 Å². The first-order valence-electron chi connectivity index (χ1n) is 9.62. The van der Waals surface area contributed by atoms with Crippen LogP contribution in [0.3, 0.4) is 0 Å². The van der Waals surface area contributed by atoms with Crippen molar-refractivity contribution in [3.8, 4) is 0 Å². The highest BCUT2D eigenvalue weighted by molar-refractivity contribution is 8.00. The average Bonchev–Trinajstić information content (AvgIpc) is 3.21. The Labute approximate surface area is 168 Å². The zero-order valence-corrected chi connectivity index (χ0v) is 16.8. The van der Waals surface area contributed by atoms with E-state index in [1.165, 1.54) is 26.9 Å². The number of nitrogens with zero attached hydrogens (tertiary/aromatic N) is 4. The van der Waals surface area contributed by atoms with E-state index in [1.54, 1.807) is 11.8 Å². The van der Waals surface area contributed by atoms with Crippen molar-refractivity contribution in [2.24, 2.45) is 0 Å². The summed E-state index contributed by atoms with van der Waals surface area (Å²) in [6.45, 7) is 5.71. The number of aryl methyl sites for hydroxylation is 2. The van der Waals surface area contributed by atoms with Crippen molar-refractivity contribution < 1.29 is 4.79 Å². The molecule has 0 radical (unpaired) electrons. The molecule has 0 bridgehead atoms. The monoisotopic (exact) mass is 390 g/mol. The minimum absolute atomic E-state index is 0.00439. The Morgan fingerprint density at radius 2 is 1.82 bits per heavy atom. The molecule has 0 saturated carbocycles. The van der Waals surface area contributed by atoms with Gasteiger partial charge in [0.25, 0.3) is 5.91 Å². The average molecular weight is 391 g/mol. The van der Waals surface area contributed by atoms with Crippen molar-refractivity contribution in [2.75, 3.05) is 6.54 Å². The largest absolute Gasteiger partial charge is 0.290 e. The number of hydrogen-bond donors (Lipinski definition) is 0. The summed E-state index contributed by atoms with van der Waals surface area (Å²) in [6, 6.07) is 17.2. The smallest absolute Gasteiger partial charge is 0.264 e. The topological polar surface area (TPSA) is 51.0 Å². The van der Waals surface area contributed by atoms with Crippen LogP contribution < -0.4 is 0 Å². The normalized spacial score (nSPS) is 20.1. The second-order valence-electron chi connectivity index (χ2n) is 7.57. The predicted octanol–water partition coefficient (Wildman–Crippen LogP) is 3.81. The van der Waals surface area contributed by atoms with E-state index >= 15 is 0 Å². The Balaban J connectivity index is 1.52. The quantitative estimate of drug-likeness (QED) is 0.681. The van der Waals surface area contributed by atoms with Gasteiger partial charge in [-0.2, -0.15) is 4.68 Å². The first kappa shape index (κ1) is 17.6. The number of fused-ring (bicyclic) bond motifs is 2. The summed E-state index contributed by atoms with van der Waals surface area (Å²) in [5.74, 6) is 0.679. The number of carbonyl (C=O) groups is 1. The molecule has 2 atom stereocenters. The molecule has 142 valence electrons. The minimum atomic E-state index is -0.233. The summed E-state index contributed by atoms with van der Waals surface area (Å²) in [7, 11) is 0. The lowest BCUT2D eigenvalue weighted by Gasteiger charge is -2.37. The second-order valence-corrected chi connectivity index (χ2v) is 8.68. The van der Waals surface area contributed by atoms with Crippen LogP contribution in [0, 0.1) is 13.8 Å². The molecule has 2 aliphatic heterocycles. The van der Waals surface area contributed by atoms with E-state index in [4.69, 9.17) is 0 Å². The lowest BCUT2D eigenvalue weighted by atomic mass is 9.94. The van der Waals surface area contributed by atoms with Gasteiger partial charge in [0.1, 0.15) is 11.1 Å². The molecule has 0 spiro atoms. The number of thioether (sulfide) groups is 1. The Kier molecular flexibility index (Phi) is 4.33.